The first kappa shape index (κ1) is 18.6. The topological polar surface area (TPSA) is 15.3 Å². The van der Waals surface area contributed by atoms with Crippen molar-refractivity contribution in [1.82, 2.24) is 5.32 Å². The predicted molar refractivity (Wildman–Crippen MR) is 103 cm³/mol. The Labute approximate surface area is 147 Å². The Morgan fingerprint density at radius 1 is 1.35 bits per heavy atom. The monoisotopic (exact) mass is 336 g/mol. The molecule has 130 valence electrons. The molecule has 0 aromatic heterocycles. The highest BCUT2D eigenvalue weighted by Crippen LogP contribution is 2.45. The zero-order chi connectivity index (χ0) is 17.2. The first-order valence-corrected chi connectivity index (χ1v) is 9.47. The minimum Gasteiger partial charge on any atom is -0.366 e. The van der Waals surface area contributed by atoms with Gasteiger partial charge >= 0.3 is 0 Å². The second kappa shape index (κ2) is 7.44. The third-order valence-electron chi connectivity index (χ3n) is 4.99. The molecule has 1 aromatic rings. The molecule has 23 heavy (non-hydrogen) atoms. The number of rotatable bonds is 6. The molecule has 0 fully saturated rings. The van der Waals surface area contributed by atoms with Gasteiger partial charge in [0, 0.05) is 35.4 Å². The Balaban J connectivity index is 2.38. The lowest BCUT2D eigenvalue weighted by Crippen LogP contribution is -2.48. The number of nitrogens with one attached hydrogen (secondary N) is 1. The number of nitrogens with zero attached hydrogens (tertiary/aromatic N) is 1. The van der Waals surface area contributed by atoms with Crippen molar-refractivity contribution < 1.29 is 0 Å². The molecule has 2 rings (SSSR count). The van der Waals surface area contributed by atoms with Gasteiger partial charge in [0.1, 0.15) is 0 Å². The van der Waals surface area contributed by atoms with Crippen LogP contribution >= 0.6 is 11.6 Å². The minimum absolute atomic E-state index is 0.197. The van der Waals surface area contributed by atoms with E-state index in [0.717, 1.165) is 18.1 Å². The van der Waals surface area contributed by atoms with Crippen molar-refractivity contribution in [1.29, 1.82) is 0 Å². The molecule has 1 N–H and O–H groups in total. The molecule has 2 nitrogen and oxygen atoms in total. The van der Waals surface area contributed by atoms with E-state index in [1.54, 1.807) is 0 Å². The number of hydrogen-bond acceptors (Lipinski definition) is 2. The van der Waals surface area contributed by atoms with Crippen LogP contribution in [0, 0.1) is 0 Å². The molecule has 1 aliphatic rings. The van der Waals surface area contributed by atoms with E-state index in [4.69, 9.17) is 11.6 Å². The van der Waals surface area contributed by atoms with Crippen LogP contribution in [0.3, 0.4) is 0 Å². The Bertz CT molecular complexity index is 537. The summed E-state index contributed by atoms with van der Waals surface area (Å²) >= 11 is 6.62. The molecule has 1 aliphatic heterocycles. The molecular formula is C20H33ClN2. The van der Waals surface area contributed by atoms with Gasteiger partial charge in [0.15, 0.2) is 0 Å². The fraction of sp³-hybridized carbons (Fsp3) is 0.700. The SMILES string of the molecule is CCCCN1c2cc(Cl)c(CNC(C)C)cc2[C@@H](C)CC1(C)C. The van der Waals surface area contributed by atoms with Crippen molar-refractivity contribution in [2.24, 2.45) is 0 Å². The van der Waals surface area contributed by atoms with Crippen LogP contribution in [0.25, 0.3) is 0 Å². The summed E-state index contributed by atoms with van der Waals surface area (Å²) in [5.41, 5.74) is 4.23. The summed E-state index contributed by atoms with van der Waals surface area (Å²) in [5.74, 6) is 0.577. The summed E-state index contributed by atoms with van der Waals surface area (Å²) in [6.45, 7) is 15.6. The Hall–Kier alpha value is -0.730. The Kier molecular flexibility index (Phi) is 6.02. The van der Waals surface area contributed by atoms with Crippen molar-refractivity contribution >= 4 is 17.3 Å². The van der Waals surface area contributed by atoms with E-state index < -0.39 is 0 Å². The zero-order valence-corrected chi connectivity index (χ0v) is 16.4. The third-order valence-corrected chi connectivity index (χ3v) is 5.34. The smallest absolute Gasteiger partial charge is 0.0471 e. The number of hydrogen-bond donors (Lipinski definition) is 1. The molecule has 0 bridgehead atoms. The Morgan fingerprint density at radius 3 is 2.65 bits per heavy atom. The molecule has 0 aliphatic carbocycles. The fourth-order valence-corrected chi connectivity index (χ4v) is 3.96. The van der Waals surface area contributed by atoms with Crippen LogP contribution in [0.2, 0.25) is 5.02 Å². The summed E-state index contributed by atoms with van der Waals surface area (Å²) in [6, 6.07) is 5.02. The maximum atomic E-state index is 6.62. The van der Waals surface area contributed by atoms with Gasteiger partial charge in [-0.3, -0.25) is 0 Å². The van der Waals surface area contributed by atoms with Crippen molar-refractivity contribution in [3.8, 4) is 0 Å². The summed E-state index contributed by atoms with van der Waals surface area (Å²) in [7, 11) is 0. The maximum absolute atomic E-state index is 6.62. The first-order valence-electron chi connectivity index (χ1n) is 9.09. The molecular weight excluding hydrogens is 304 g/mol. The standard InChI is InChI=1S/C20H33ClN2/c1-7-8-9-23-19-11-18(21)16(13-22-14(2)3)10-17(19)15(4)12-20(23,5)6/h10-11,14-15,22H,7-9,12-13H2,1-6H3/t15-/m0/s1. The molecule has 1 aromatic carbocycles. The molecule has 3 heteroatoms. The van der Waals surface area contributed by atoms with E-state index in [2.05, 4.69) is 63.9 Å². The van der Waals surface area contributed by atoms with Crippen LogP contribution in [0.5, 0.6) is 0 Å². The molecule has 0 saturated carbocycles. The van der Waals surface area contributed by atoms with E-state index in [9.17, 15) is 0 Å². The molecule has 0 unspecified atom stereocenters. The number of unbranched alkanes of at least 4 members (excludes halogenated alkanes) is 1. The van der Waals surface area contributed by atoms with Crippen LogP contribution in [-0.2, 0) is 6.54 Å². The van der Waals surface area contributed by atoms with E-state index in [1.807, 2.05) is 0 Å². The van der Waals surface area contributed by atoms with Crippen LogP contribution in [0.4, 0.5) is 5.69 Å². The van der Waals surface area contributed by atoms with Gasteiger partial charge in [0.2, 0.25) is 0 Å². The number of fused-ring (bicyclic) bond motifs is 1. The van der Waals surface area contributed by atoms with Crippen molar-refractivity contribution in [2.45, 2.75) is 84.8 Å². The largest absolute Gasteiger partial charge is 0.366 e. The molecule has 0 spiro atoms. The fourth-order valence-electron chi connectivity index (χ4n) is 3.74. The molecule has 0 amide bonds. The summed E-state index contributed by atoms with van der Waals surface area (Å²) in [5, 5.41) is 4.38. The van der Waals surface area contributed by atoms with E-state index in [0.29, 0.717) is 12.0 Å². The van der Waals surface area contributed by atoms with E-state index in [1.165, 1.54) is 36.1 Å². The highest BCUT2D eigenvalue weighted by Gasteiger charge is 2.36. The van der Waals surface area contributed by atoms with Gasteiger partial charge < -0.3 is 10.2 Å². The lowest BCUT2D eigenvalue weighted by molar-refractivity contribution is 0.373. The average molecular weight is 337 g/mol. The molecule has 0 saturated heterocycles. The van der Waals surface area contributed by atoms with Gasteiger partial charge in [-0.15, -0.1) is 0 Å². The molecule has 1 heterocycles. The lowest BCUT2D eigenvalue weighted by atomic mass is 9.79. The Morgan fingerprint density at radius 2 is 2.04 bits per heavy atom. The van der Waals surface area contributed by atoms with Crippen molar-refractivity contribution in [3.63, 3.8) is 0 Å². The zero-order valence-electron chi connectivity index (χ0n) is 15.7. The van der Waals surface area contributed by atoms with Crippen LogP contribution in [0.15, 0.2) is 12.1 Å². The summed E-state index contributed by atoms with van der Waals surface area (Å²) in [6.07, 6.45) is 3.65. The second-order valence-electron chi connectivity index (χ2n) is 7.96. The van der Waals surface area contributed by atoms with Crippen LogP contribution in [0.1, 0.15) is 77.8 Å². The number of benzene rings is 1. The minimum atomic E-state index is 0.197. The number of anilines is 1. The second-order valence-corrected chi connectivity index (χ2v) is 8.37. The lowest BCUT2D eigenvalue weighted by Gasteiger charge is -2.48. The van der Waals surface area contributed by atoms with Gasteiger partial charge in [-0.05, 0) is 49.8 Å². The normalized spacial score (nSPS) is 20.0. The van der Waals surface area contributed by atoms with Crippen LogP contribution < -0.4 is 10.2 Å². The third kappa shape index (κ3) is 4.22. The molecule has 0 radical (unpaired) electrons. The van der Waals surface area contributed by atoms with Crippen molar-refractivity contribution in [2.75, 3.05) is 11.4 Å². The van der Waals surface area contributed by atoms with E-state index >= 15 is 0 Å². The number of halogens is 1. The van der Waals surface area contributed by atoms with Crippen molar-refractivity contribution in [3.05, 3.63) is 28.3 Å². The summed E-state index contributed by atoms with van der Waals surface area (Å²) < 4.78 is 0. The highest BCUT2D eigenvalue weighted by atomic mass is 35.5. The average Bonchev–Trinajstić information content (AvgIpc) is 2.44. The van der Waals surface area contributed by atoms with Crippen LogP contribution in [-0.4, -0.2) is 18.1 Å². The predicted octanol–water partition coefficient (Wildman–Crippen LogP) is 5.73. The summed E-state index contributed by atoms with van der Waals surface area (Å²) in [4.78, 5) is 2.58. The van der Waals surface area contributed by atoms with E-state index in [-0.39, 0.29) is 5.54 Å². The first-order chi connectivity index (χ1) is 10.8. The van der Waals surface area contributed by atoms with Gasteiger partial charge in [0.05, 0.1) is 0 Å². The molecule has 1 atom stereocenters. The van der Waals surface area contributed by atoms with Gasteiger partial charge in [-0.1, -0.05) is 51.8 Å². The highest BCUT2D eigenvalue weighted by molar-refractivity contribution is 6.31. The van der Waals surface area contributed by atoms with Gasteiger partial charge in [0.25, 0.3) is 0 Å². The van der Waals surface area contributed by atoms with Gasteiger partial charge in [-0.25, -0.2) is 0 Å². The maximum Gasteiger partial charge on any atom is 0.0471 e. The van der Waals surface area contributed by atoms with Gasteiger partial charge in [-0.2, -0.15) is 0 Å². The quantitative estimate of drug-likeness (QED) is 0.713.